The number of nitrogens with zero attached hydrogens (tertiary/aromatic N) is 4. The van der Waals surface area contributed by atoms with Crippen molar-refractivity contribution in [3.05, 3.63) is 157 Å². The van der Waals surface area contributed by atoms with Gasteiger partial charge in [0.05, 0.1) is 34.0 Å². The van der Waals surface area contributed by atoms with Crippen molar-refractivity contribution in [3.63, 3.8) is 0 Å². The van der Waals surface area contributed by atoms with Crippen LogP contribution in [0.3, 0.4) is 0 Å². The molecule has 0 bridgehead atoms. The zero-order valence-electron chi connectivity index (χ0n) is 37.1. The number of aliphatic imine (C=N–C) groups is 1. The number of allylic oxidation sites excluding steroid dienone is 2. The molecule has 3 aromatic carbocycles. The fourth-order valence-corrected chi connectivity index (χ4v) is 7.18. The predicted octanol–water partition coefficient (Wildman–Crippen LogP) is 12.7. The van der Waals surface area contributed by atoms with Crippen molar-refractivity contribution in [2.45, 2.75) is 92.8 Å². The standard InChI is InChI=1S/C53H57BN4O2/c1-13-55-46(30-35(2)50(3,4)5)36-18-22-38(23-19-36)48-44(16-14-27-57-48)40-31-41(33-43(32-40)54-59-52(9,10)53(11,12)60-54)45-17-15-28-58-49(45)39-24-20-37(21-25-39)47-34-42(26-29-56-47)51(6,7)8/h13-34H,1H2,2-12H3/b35-30+,55-46?. The van der Waals surface area contributed by atoms with Gasteiger partial charge < -0.3 is 9.31 Å². The molecule has 7 rings (SSSR count). The Morgan fingerprint density at radius 1 is 0.633 bits per heavy atom. The summed E-state index contributed by atoms with van der Waals surface area (Å²) in [7, 11) is -0.573. The van der Waals surface area contributed by atoms with Gasteiger partial charge in [0.15, 0.2) is 0 Å². The number of hydrogen-bond donors (Lipinski definition) is 0. The minimum Gasteiger partial charge on any atom is -0.399 e. The number of aromatic nitrogens is 3. The molecule has 0 N–H and O–H groups in total. The molecule has 304 valence electrons. The first-order valence-corrected chi connectivity index (χ1v) is 20.8. The summed E-state index contributed by atoms with van der Waals surface area (Å²) in [6.45, 7) is 27.7. The van der Waals surface area contributed by atoms with Gasteiger partial charge in [-0.05, 0) is 104 Å². The summed E-state index contributed by atoms with van der Waals surface area (Å²) in [5.41, 5.74) is 14.1. The molecule has 1 aliphatic rings. The van der Waals surface area contributed by atoms with E-state index in [1.807, 2.05) is 30.7 Å². The Kier molecular flexibility index (Phi) is 11.6. The number of benzene rings is 3. The van der Waals surface area contributed by atoms with Crippen molar-refractivity contribution in [2.24, 2.45) is 10.4 Å². The summed E-state index contributed by atoms with van der Waals surface area (Å²) >= 11 is 0. The zero-order valence-corrected chi connectivity index (χ0v) is 37.1. The van der Waals surface area contributed by atoms with Crippen molar-refractivity contribution in [1.29, 1.82) is 0 Å². The fraction of sp³-hybridized carbons (Fsp3) is 0.283. The summed E-state index contributed by atoms with van der Waals surface area (Å²) < 4.78 is 13.3. The third kappa shape index (κ3) is 8.89. The quantitative estimate of drug-likeness (QED) is 0.108. The molecule has 0 saturated carbocycles. The molecule has 0 radical (unpaired) electrons. The maximum atomic E-state index is 6.67. The maximum Gasteiger partial charge on any atom is 0.494 e. The average molecular weight is 793 g/mol. The van der Waals surface area contributed by atoms with Crippen LogP contribution >= 0.6 is 0 Å². The Bertz CT molecular complexity index is 2570. The molecule has 1 saturated heterocycles. The number of hydrogen-bond acceptors (Lipinski definition) is 6. The summed E-state index contributed by atoms with van der Waals surface area (Å²) in [6, 6.07) is 36.1. The Morgan fingerprint density at radius 2 is 1.15 bits per heavy atom. The Morgan fingerprint density at radius 3 is 1.65 bits per heavy atom. The lowest BCUT2D eigenvalue weighted by atomic mass is 9.76. The van der Waals surface area contributed by atoms with Gasteiger partial charge in [-0.15, -0.1) is 0 Å². The van der Waals surface area contributed by atoms with Gasteiger partial charge in [-0.3, -0.25) is 19.9 Å². The second kappa shape index (κ2) is 16.4. The van der Waals surface area contributed by atoms with Gasteiger partial charge in [0, 0.05) is 58.2 Å². The third-order valence-electron chi connectivity index (χ3n) is 12.0. The molecule has 6 aromatic rings. The Hall–Kier alpha value is -5.76. The Balaban J connectivity index is 1.32. The van der Waals surface area contributed by atoms with E-state index in [-0.39, 0.29) is 10.8 Å². The van der Waals surface area contributed by atoms with Crippen LogP contribution in [-0.4, -0.2) is 39.0 Å². The van der Waals surface area contributed by atoms with Crippen LogP contribution in [0.4, 0.5) is 0 Å². The van der Waals surface area contributed by atoms with Crippen LogP contribution in [0.1, 0.15) is 87.3 Å². The fourth-order valence-electron chi connectivity index (χ4n) is 7.18. The second-order valence-corrected chi connectivity index (χ2v) is 18.8. The molecule has 1 fully saturated rings. The van der Waals surface area contributed by atoms with E-state index in [1.165, 1.54) is 11.1 Å². The van der Waals surface area contributed by atoms with Crippen molar-refractivity contribution >= 4 is 18.3 Å². The topological polar surface area (TPSA) is 69.5 Å². The third-order valence-corrected chi connectivity index (χ3v) is 12.0. The van der Waals surface area contributed by atoms with Gasteiger partial charge in [0.25, 0.3) is 0 Å². The van der Waals surface area contributed by atoms with Gasteiger partial charge in [-0.25, -0.2) is 0 Å². The second-order valence-electron chi connectivity index (χ2n) is 18.8. The van der Waals surface area contributed by atoms with Gasteiger partial charge in [-0.1, -0.05) is 126 Å². The van der Waals surface area contributed by atoms with Gasteiger partial charge in [-0.2, -0.15) is 0 Å². The SMILES string of the molecule is C=CN=C(/C=C(\C)C(C)(C)C)c1ccc(-c2ncccc2-c2cc(B3OC(C)(C)C(C)(C)O3)cc(-c3cccnc3-c3ccc(-c4cc(C(C)(C)C)ccn4)cc3)c2)cc1. The van der Waals surface area contributed by atoms with Crippen LogP contribution in [0.15, 0.2) is 151 Å². The van der Waals surface area contributed by atoms with Crippen LogP contribution in [0.5, 0.6) is 0 Å². The summed E-state index contributed by atoms with van der Waals surface area (Å²) in [5, 5.41) is 0. The van der Waals surface area contributed by atoms with Gasteiger partial charge in [0.1, 0.15) is 0 Å². The summed E-state index contributed by atoms with van der Waals surface area (Å²) in [6.07, 6.45) is 9.36. The molecule has 60 heavy (non-hydrogen) atoms. The molecular formula is C53H57BN4O2. The highest BCUT2D eigenvalue weighted by atomic mass is 16.7. The summed E-state index contributed by atoms with van der Waals surface area (Å²) in [5.74, 6) is 0. The van der Waals surface area contributed by atoms with E-state index < -0.39 is 18.3 Å². The van der Waals surface area contributed by atoms with E-state index in [9.17, 15) is 0 Å². The van der Waals surface area contributed by atoms with Gasteiger partial charge >= 0.3 is 7.12 Å². The normalized spacial score (nSPS) is 15.6. The first-order valence-electron chi connectivity index (χ1n) is 20.8. The molecule has 4 heterocycles. The molecule has 6 nitrogen and oxygen atoms in total. The van der Waals surface area contributed by atoms with Crippen molar-refractivity contribution in [2.75, 3.05) is 0 Å². The van der Waals surface area contributed by atoms with Crippen molar-refractivity contribution < 1.29 is 9.31 Å². The maximum absolute atomic E-state index is 6.67. The highest BCUT2D eigenvalue weighted by Gasteiger charge is 2.52. The van der Waals surface area contributed by atoms with E-state index in [0.717, 1.165) is 72.8 Å². The molecule has 3 aromatic heterocycles. The van der Waals surface area contributed by atoms with Gasteiger partial charge in [0.2, 0.25) is 0 Å². The Labute approximate surface area is 357 Å². The molecular weight excluding hydrogens is 735 g/mol. The molecule has 0 unspecified atom stereocenters. The first kappa shape index (κ1) is 42.4. The monoisotopic (exact) mass is 792 g/mol. The van der Waals surface area contributed by atoms with E-state index in [1.54, 1.807) is 6.20 Å². The van der Waals surface area contributed by atoms with Crippen LogP contribution in [0.2, 0.25) is 0 Å². The zero-order chi connectivity index (χ0) is 43.0. The van der Waals surface area contributed by atoms with Crippen LogP contribution in [0.25, 0.3) is 56.0 Å². The first-order chi connectivity index (χ1) is 28.3. The van der Waals surface area contributed by atoms with E-state index >= 15 is 0 Å². The minimum absolute atomic E-state index is 0.0241. The number of pyridine rings is 3. The van der Waals surface area contributed by atoms with Crippen LogP contribution in [0, 0.1) is 5.41 Å². The van der Waals surface area contributed by atoms with Crippen LogP contribution in [-0.2, 0) is 14.7 Å². The smallest absolute Gasteiger partial charge is 0.399 e. The minimum atomic E-state index is -0.573. The lowest BCUT2D eigenvalue weighted by Crippen LogP contribution is -2.41. The largest absolute Gasteiger partial charge is 0.494 e. The average Bonchev–Trinajstić information content (AvgIpc) is 3.45. The van der Waals surface area contributed by atoms with Crippen LogP contribution < -0.4 is 5.46 Å². The van der Waals surface area contributed by atoms with E-state index in [2.05, 4.69) is 185 Å². The van der Waals surface area contributed by atoms with E-state index in [4.69, 9.17) is 24.3 Å². The summed E-state index contributed by atoms with van der Waals surface area (Å²) in [4.78, 5) is 19.3. The van der Waals surface area contributed by atoms with Crippen molar-refractivity contribution in [1.82, 2.24) is 15.0 Å². The predicted molar refractivity (Wildman–Crippen MR) is 251 cm³/mol. The molecule has 0 atom stereocenters. The molecule has 1 aliphatic heterocycles. The lowest BCUT2D eigenvalue weighted by Gasteiger charge is -2.32. The molecule has 0 amide bonds. The van der Waals surface area contributed by atoms with Crippen molar-refractivity contribution in [3.8, 4) is 56.0 Å². The highest BCUT2D eigenvalue weighted by molar-refractivity contribution is 6.62. The molecule has 0 aliphatic carbocycles. The highest BCUT2D eigenvalue weighted by Crippen LogP contribution is 2.40. The number of rotatable bonds is 9. The van der Waals surface area contributed by atoms with E-state index in [0.29, 0.717) is 0 Å². The molecule has 0 spiro atoms. The lowest BCUT2D eigenvalue weighted by molar-refractivity contribution is 0.00578. The molecule has 7 heteroatoms.